The Morgan fingerprint density at radius 2 is 2.00 bits per heavy atom. The quantitative estimate of drug-likeness (QED) is 0.536. The van der Waals surface area contributed by atoms with Gasteiger partial charge in [0.15, 0.2) is 5.78 Å². The van der Waals surface area contributed by atoms with Crippen LogP contribution < -0.4 is 15.4 Å². The fraction of sp³-hybridized carbons (Fsp3) is 0.471. The highest BCUT2D eigenvalue weighted by Gasteiger charge is 2.14. The van der Waals surface area contributed by atoms with Crippen LogP contribution in [0.25, 0.3) is 0 Å². The lowest BCUT2D eigenvalue weighted by Gasteiger charge is -2.13. The fourth-order valence-electron chi connectivity index (χ4n) is 1.93. The minimum absolute atomic E-state index is 0.0193. The van der Waals surface area contributed by atoms with Crippen LogP contribution >= 0.6 is 0 Å². The van der Waals surface area contributed by atoms with Crippen LogP contribution in [0.5, 0.6) is 5.75 Å². The van der Waals surface area contributed by atoms with Crippen LogP contribution in [0, 0.1) is 0 Å². The minimum atomic E-state index is -0.546. The zero-order chi connectivity index (χ0) is 17.2. The Labute approximate surface area is 136 Å². The fourth-order valence-corrected chi connectivity index (χ4v) is 1.93. The molecule has 6 nitrogen and oxygen atoms in total. The Morgan fingerprint density at radius 3 is 2.65 bits per heavy atom. The van der Waals surface area contributed by atoms with E-state index >= 15 is 0 Å². The van der Waals surface area contributed by atoms with Crippen LogP contribution in [0.1, 0.15) is 44.0 Å². The van der Waals surface area contributed by atoms with E-state index in [2.05, 4.69) is 10.6 Å². The maximum Gasteiger partial charge on any atom is 0.242 e. The molecule has 0 aliphatic carbocycles. The number of rotatable bonds is 9. The van der Waals surface area contributed by atoms with Gasteiger partial charge >= 0.3 is 0 Å². The molecule has 0 aliphatic heterocycles. The second-order valence-corrected chi connectivity index (χ2v) is 5.22. The molecule has 0 aliphatic rings. The van der Waals surface area contributed by atoms with Crippen LogP contribution in [0.4, 0.5) is 0 Å². The van der Waals surface area contributed by atoms with Crippen molar-refractivity contribution in [3.63, 3.8) is 0 Å². The van der Waals surface area contributed by atoms with Crippen molar-refractivity contribution in [2.45, 2.75) is 39.7 Å². The number of carbonyl (C=O) groups excluding carboxylic acids is 3. The third-order valence-electron chi connectivity index (χ3n) is 3.18. The summed E-state index contributed by atoms with van der Waals surface area (Å²) in [5.41, 5.74) is 0.594. The van der Waals surface area contributed by atoms with Crippen molar-refractivity contribution in [2.24, 2.45) is 0 Å². The number of hydrogen-bond donors (Lipinski definition) is 2. The lowest BCUT2D eigenvalue weighted by Crippen LogP contribution is -2.44. The van der Waals surface area contributed by atoms with E-state index in [0.29, 0.717) is 30.9 Å². The molecule has 0 heterocycles. The van der Waals surface area contributed by atoms with E-state index in [1.54, 1.807) is 31.2 Å². The van der Waals surface area contributed by atoms with Crippen molar-refractivity contribution in [2.75, 3.05) is 13.2 Å². The molecule has 23 heavy (non-hydrogen) atoms. The lowest BCUT2D eigenvalue weighted by atomic mass is 10.1. The van der Waals surface area contributed by atoms with E-state index in [-0.39, 0.29) is 24.0 Å². The van der Waals surface area contributed by atoms with Crippen molar-refractivity contribution in [3.8, 4) is 5.75 Å². The van der Waals surface area contributed by atoms with Gasteiger partial charge in [-0.3, -0.25) is 14.4 Å². The Balaban J connectivity index is 2.29. The number of amides is 2. The Bertz CT molecular complexity index is 557. The molecule has 1 aromatic carbocycles. The lowest BCUT2D eigenvalue weighted by molar-refractivity contribution is -0.128. The molecule has 1 aromatic rings. The standard InChI is InChI=1S/C17H24N2O4/c1-4-18-17(22)12(2)19-16(21)9-6-10-23-15-8-5-7-14(11-15)13(3)20/h5,7-8,11-12H,4,6,9-10H2,1-3H3,(H,18,22)(H,19,21)/t12-/m1/s1. The summed E-state index contributed by atoms with van der Waals surface area (Å²) in [6, 6.07) is 6.39. The van der Waals surface area contributed by atoms with Gasteiger partial charge in [0.2, 0.25) is 11.8 Å². The Kier molecular flexibility index (Phi) is 7.80. The van der Waals surface area contributed by atoms with Crippen molar-refractivity contribution in [1.82, 2.24) is 10.6 Å². The molecule has 1 rings (SSSR count). The first-order valence-electron chi connectivity index (χ1n) is 7.75. The molecular formula is C17H24N2O4. The van der Waals surface area contributed by atoms with Gasteiger partial charge in [0.25, 0.3) is 0 Å². The third kappa shape index (κ3) is 6.95. The van der Waals surface area contributed by atoms with Crippen molar-refractivity contribution in [1.29, 1.82) is 0 Å². The molecule has 0 saturated carbocycles. The largest absolute Gasteiger partial charge is 0.494 e. The summed E-state index contributed by atoms with van der Waals surface area (Å²) < 4.78 is 5.53. The predicted octanol–water partition coefficient (Wildman–Crippen LogP) is 1.69. The average Bonchev–Trinajstić information content (AvgIpc) is 2.52. The topological polar surface area (TPSA) is 84.5 Å². The van der Waals surface area contributed by atoms with Gasteiger partial charge in [0.05, 0.1) is 6.61 Å². The molecule has 2 amide bonds. The SMILES string of the molecule is CCNC(=O)[C@@H](C)NC(=O)CCCOc1cccc(C(C)=O)c1. The second kappa shape index (κ2) is 9.61. The van der Waals surface area contributed by atoms with E-state index in [9.17, 15) is 14.4 Å². The monoisotopic (exact) mass is 320 g/mol. The average molecular weight is 320 g/mol. The molecule has 0 unspecified atom stereocenters. The van der Waals surface area contributed by atoms with Gasteiger partial charge < -0.3 is 15.4 Å². The number of benzene rings is 1. The number of likely N-dealkylation sites (N-methyl/N-ethyl adjacent to an activating group) is 1. The first-order valence-corrected chi connectivity index (χ1v) is 7.75. The van der Waals surface area contributed by atoms with Crippen molar-refractivity contribution >= 4 is 17.6 Å². The Hall–Kier alpha value is -2.37. The first-order chi connectivity index (χ1) is 10.9. The Morgan fingerprint density at radius 1 is 1.26 bits per heavy atom. The van der Waals surface area contributed by atoms with Gasteiger partial charge in [-0.1, -0.05) is 12.1 Å². The van der Waals surface area contributed by atoms with Crippen molar-refractivity contribution < 1.29 is 19.1 Å². The molecule has 0 bridgehead atoms. The number of ether oxygens (including phenoxy) is 1. The summed E-state index contributed by atoms with van der Waals surface area (Å²) in [5, 5.41) is 5.28. The van der Waals surface area contributed by atoms with E-state index in [1.807, 2.05) is 6.92 Å². The van der Waals surface area contributed by atoms with Gasteiger partial charge in [-0.2, -0.15) is 0 Å². The van der Waals surface area contributed by atoms with Crippen LogP contribution in [0.2, 0.25) is 0 Å². The van der Waals surface area contributed by atoms with E-state index in [4.69, 9.17) is 4.74 Å². The summed E-state index contributed by atoms with van der Waals surface area (Å²) in [5.74, 6) is 0.200. The zero-order valence-electron chi connectivity index (χ0n) is 13.8. The van der Waals surface area contributed by atoms with Crippen molar-refractivity contribution in [3.05, 3.63) is 29.8 Å². The van der Waals surface area contributed by atoms with Crippen LogP contribution in [-0.4, -0.2) is 36.8 Å². The van der Waals surface area contributed by atoms with Gasteiger partial charge in [-0.15, -0.1) is 0 Å². The minimum Gasteiger partial charge on any atom is -0.494 e. The summed E-state index contributed by atoms with van der Waals surface area (Å²) in [6.07, 6.45) is 0.800. The predicted molar refractivity (Wildman–Crippen MR) is 87.5 cm³/mol. The number of ketones is 1. The highest BCUT2D eigenvalue weighted by Crippen LogP contribution is 2.14. The van der Waals surface area contributed by atoms with E-state index < -0.39 is 6.04 Å². The van der Waals surface area contributed by atoms with Crippen LogP contribution in [0.15, 0.2) is 24.3 Å². The van der Waals surface area contributed by atoms with Gasteiger partial charge in [-0.25, -0.2) is 0 Å². The number of carbonyl (C=O) groups is 3. The summed E-state index contributed by atoms with van der Waals surface area (Å²) in [6.45, 7) is 5.87. The number of hydrogen-bond acceptors (Lipinski definition) is 4. The van der Waals surface area contributed by atoms with Crippen LogP contribution in [-0.2, 0) is 9.59 Å². The summed E-state index contributed by atoms with van der Waals surface area (Å²) in [4.78, 5) is 34.5. The van der Waals surface area contributed by atoms with Gasteiger partial charge in [-0.05, 0) is 39.3 Å². The normalized spacial score (nSPS) is 11.4. The van der Waals surface area contributed by atoms with Gasteiger partial charge in [0.1, 0.15) is 11.8 Å². The number of Topliss-reactive ketones (excluding diaryl/α,β-unsaturated/α-hetero) is 1. The maximum absolute atomic E-state index is 11.7. The molecule has 6 heteroatoms. The highest BCUT2D eigenvalue weighted by molar-refractivity contribution is 5.94. The molecule has 0 fully saturated rings. The second-order valence-electron chi connectivity index (χ2n) is 5.22. The zero-order valence-corrected chi connectivity index (χ0v) is 13.8. The van der Waals surface area contributed by atoms with Gasteiger partial charge in [0, 0.05) is 18.5 Å². The molecule has 0 saturated heterocycles. The smallest absolute Gasteiger partial charge is 0.242 e. The summed E-state index contributed by atoms with van der Waals surface area (Å²) in [7, 11) is 0. The third-order valence-corrected chi connectivity index (χ3v) is 3.18. The highest BCUT2D eigenvalue weighted by atomic mass is 16.5. The van der Waals surface area contributed by atoms with E-state index in [0.717, 1.165) is 0 Å². The molecule has 0 spiro atoms. The molecule has 126 valence electrons. The molecule has 2 N–H and O–H groups in total. The van der Waals surface area contributed by atoms with E-state index in [1.165, 1.54) is 6.92 Å². The molecule has 1 atom stereocenters. The molecule has 0 aromatic heterocycles. The maximum atomic E-state index is 11.7. The van der Waals surface area contributed by atoms with Crippen LogP contribution in [0.3, 0.4) is 0 Å². The first kappa shape index (κ1) is 18.7. The molecule has 0 radical (unpaired) electrons. The number of nitrogens with one attached hydrogen (secondary N) is 2. The molecular weight excluding hydrogens is 296 g/mol. The summed E-state index contributed by atoms with van der Waals surface area (Å²) >= 11 is 0.